The van der Waals surface area contributed by atoms with Crippen LogP contribution in [0.2, 0.25) is 0 Å². The Bertz CT molecular complexity index is 630. The van der Waals surface area contributed by atoms with Crippen LogP contribution in [0.4, 0.5) is 0 Å². The lowest BCUT2D eigenvalue weighted by atomic mass is 9.83. The summed E-state index contributed by atoms with van der Waals surface area (Å²) in [6, 6.07) is -0.0811. The molecule has 4 aliphatic rings. The first kappa shape index (κ1) is 19.4. The molecule has 4 rings (SSSR count). The molecule has 0 radical (unpaired) electrons. The van der Waals surface area contributed by atoms with E-state index in [4.69, 9.17) is 0 Å². The summed E-state index contributed by atoms with van der Waals surface area (Å²) in [6.45, 7) is 1.28. The number of rotatable bonds is 6. The first-order valence-corrected chi connectivity index (χ1v) is 12.5. The van der Waals surface area contributed by atoms with Crippen LogP contribution in [-0.4, -0.2) is 81.2 Å². The average molecular weight is 412 g/mol. The molecule has 150 valence electrons. The molecule has 2 heterocycles. The molecule has 0 aromatic heterocycles. The van der Waals surface area contributed by atoms with E-state index in [1.54, 1.807) is 23.5 Å². The number of hydrogen-bond donors (Lipinski definition) is 1. The molecule has 1 N–H and O–H groups in total. The summed E-state index contributed by atoms with van der Waals surface area (Å²) in [5.41, 5.74) is 0. The van der Waals surface area contributed by atoms with Gasteiger partial charge in [-0.05, 0) is 51.0 Å². The SMILES string of the molecule is CS[C@@H]1CN(C(=O)C2(SC)CCC2)C[C@H]1NC(=O)C1CCC(=O)N1C1CC1. The second kappa shape index (κ2) is 7.50. The molecule has 0 spiro atoms. The Hall–Kier alpha value is -0.890. The van der Waals surface area contributed by atoms with Gasteiger partial charge in [-0.25, -0.2) is 0 Å². The fourth-order valence-electron chi connectivity index (χ4n) is 4.66. The minimum Gasteiger partial charge on any atom is -0.349 e. The van der Waals surface area contributed by atoms with Gasteiger partial charge in [0.1, 0.15) is 6.04 Å². The number of thioether (sulfide) groups is 2. The van der Waals surface area contributed by atoms with Gasteiger partial charge in [0.05, 0.1) is 10.8 Å². The number of likely N-dealkylation sites (tertiary alicyclic amines) is 2. The van der Waals surface area contributed by atoms with Gasteiger partial charge in [-0.1, -0.05) is 0 Å². The van der Waals surface area contributed by atoms with Crippen molar-refractivity contribution in [3.8, 4) is 0 Å². The Kier molecular flexibility index (Phi) is 5.40. The second-order valence-corrected chi connectivity index (χ2v) is 10.5. The summed E-state index contributed by atoms with van der Waals surface area (Å²) >= 11 is 3.39. The summed E-state index contributed by atoms with van der Waals surface area (Å²) in [5.74, 6) is 0.330. The predicted molar refractivity (Wildman–Crippen MR) is 109 cm³/mol. The molecule has 2 aliphatic heterocycles. The lowest BCUT2D eigenvalue weighted by Crippen LogP contribution is -2.52. The van der Waals surface area contributed by atoms with E-state index in [2.05, 4.69) is 5.32 Å². The molecule has 2 saturated heterocycles. The Morgan fingerprint density at radius 1 is 1.15 bits per heavy atom. The molecule has 0 bridgehead atoms. The lowest BCUT2D eigenvalue weighted by Gasteiger charge is -2.41. The summed E-state index contributed by atoms with van der Waals surface area (Å²) in [7, 11) is 0. The van der Waals surface area contributed by atoms with Crippen molar-refractivity contribution in [2.75, 3.05) is 25.6 Å². The third-order valence-electron chi connectivity index (χ3n) is 6.62. The minimum absolute atomic E-state index is 0.0330. The number of amides is 3. The van der Waals surface area contributed by atoms with Crippen molar-refractivity contribution in [3.05, 3.63) is 0 Å². The zero-order valence-electron chi connectivity index (χ0n) is 16.1. The highest BCUT2D eigenvalue weighted by atomic mass is 32.2. The standard InChI is InChI=1S/C19H29N3O3S2/c1-26-15-11-21(18(25)19(27-2)8-3-9-19)10-13(15)20-17(24)14-6-7-16(23)22(14)12-4-5-12/h12-15H,3-11H2,1-2H3,(H,20,24)/t13-,14?,15-/m1/s1. The molecular formula is C19H29N3O3S2. The summed E-state index contributed by atoms with van der Waals surface area (Å²) in [6.07, 6.45) is 10.3. The number of hydrogen-bond acceptors (Lipinski definition) is 5. The van der Waals surface area contributed by atoms with Gasteiger partial charge >= 0.3 is 0 Å². The summed E-state index contributed by atoms with van der Waals surface area (Å²) in [4.78, 5) is 41.9. The van der Waals surface area contributed by atoms with Crippen molar-refractivity contribution in [1.82, 2.24) is 15.1 Å². The number of nitrogens with zero attached hydrogens (tertiary/aromatic N) is 2. The lowest BCUT2D eigenvalue weighted by molar-refractivity contribution is -0.136. The zero-order valence-corrected chi connectivity index (χ0v) is 17.7. The van der Waals surface area contributed by atoms with E-state index in [-0.39, 0.29) is 45.8 Å². The molecule has 1 unspecified atom stereocenters. The van der Waals surface area contributed by atoms with Crippen LogP contribution < -0.4 is 5.32 Å². The van der Waals surface area contributed by atoms with Crippen LogP contribution in [-0.2, 0) is 14.4 Å². The summed E-state index contributed by atoms with van der Waals surface area (Å²) in [5, 5.41) is 3.40. The van der Waals surface area contributed by atoms with Gasteiger partial charge < -0.3 is 15.1 Å². The topological polar surface area (TPSA) is 69.7 Å². The largest absolute Gasteiger partial charge is 0.349 e. The summed E-state index contributed by atoms with van der Waals surface area (Å²) < 4.78 is -0.234. The number of nitrogens with one attached hydrogen (secondary N) is 1. The van der Waals surface area contributed by atoms with Crippen molar-refractivity contribution < 1.29 is 14.4 Å². The van der Waals surface area contributed by atoms with Crippen LogP contribution in [0, 0.1) is 0 Å². The third kappa shape index (κ3) is 3.48. The first-order chi connectivity index (χ1) is 13.0. The molecule has 3 amide bonds. The van der Waals surface area contributed by atoms with Gasteiger partial charge in [0.25, 0.3) is 0 Å². The maximum atomic E-state index is 13.1. The monoisotopic (exact) mass is 411 g/mol. The molecule has 2 saturated carbocycles. The van der Waals surface area contributed by atoms with Gasteiger partial charge in [-0.3, -0.25) is 14.4 Å². The van der Waals surface area contributed by atoms with E-state index in [1.165, 1.54) is 0 Å². The van der Waals surface area contributed by atoms with Crippen molar-refractivity contribution in [2.24, 2.45) is 0 Å². The van der Waals surface area contributed by atoms with Crippen LogP contribution in [0.15, 0.2) is 0 Å². The molecule has 0 aromatic carbocycles. The highest BCUT2D eigenvalue weighted by Crippen LogP contribution is 2.45. The van der Waals surface area contributed by atoms with E-state index >= 15 is 0 Å². The minimum atomic E-state index is -0.318. The van der Waals surface area contributed by atoms with Crippen molar-refractivity contribution in [3.63, 3.8) is 0 Å². The van der Waals surface area contributed by atoms with E-state index in [0.29, 0.717) is 25.9 Å². The third-order valence-corrected chi connectivity index (χ3v) is 9.07. The van der Waals surface area contributed by atoms with Gasteiger partial charge in [0.15, 0.2) is 0 Å². The van der Waals surface area contributed by atoms with Crippen molar-refractivity contribution in [1.29, 1.82) is 0 Å². The second-order valence-electron chi connectivity index (χ2n) is 8.24. The molecule has 8 heteroatoms. The van der Waals surface area contributed by atoms with Gasteiger partial charge in [0.2, 0.25) is 17.7 Å². The molecule has 2 aliphatic carbocycles. The molecule has 4 fully saturated rings. The maximum absolute atomic E-state index is 13.1. The molecule has 3 atom stereocenters. The molecule has 27 heavy (non-hydrogen) atoms. The van der Waals surface area contributed by atoms with Crippen molar-refractivity contribution >= 4 is 41.2 Å². The van der Waals surface area contributed by atoms with E-state index in [9.17, 15) is 14.4 Å². The average Bonchev–Trinajstić information content (AvgIpc) is 3.26. The fourth-order valence-corrected chi connectivity index (χ4v) is 6.47. The molecule has 0 aromatic rings. The smallest absolute Gasteiger partial charge is 0.243 e. The Morgan fingerprint density at radius 2 is 1.89 bits per heavy atom. The molecular weight excluding hydrogens is 382 g/mol. The van der Waals surface area contributed by atoms with Crippen LogP contribution >= 0.6 is 23.5 Å². The van der Waals surface area contributed by atoms with Gasteiger partial charge in [-0.15, -0.1) is 11.8 Å². The Labute approximate surface area is 169 Å². The normalized spacial score (nSPS) is 32.5. The fraction of sp³-hybridized carbons (Fsp3) is 0.842. The zero-order chi connectivity index (χ0) is 19.2. The highest BCUT2D eigenvalue weighted by molar-refractivity contribution is 8.00. The highest BCUT2D eigenvalue weighted by Gasteiger charge is 2.49. The van der Waals surface area contributed by atoms with Crippen molar-refractivity contribution in [2.45, 2.75) is 73.1 Å². The maximum Gasteiger partial charge on any atom is 0.243 e. The van der Waals surface area contributed by atoms with Gasteiger partial charge in [-0.2, -0.15) is 11.8 Å². The molecule has 6 nitrogen and oxygen atoms in total. The van der Waals surface area contributed by atoms with E-state index in [1.807, 2.05) is 22.3 Å². The predicted octanol–water partition coefficient (Wildman–Crippen LogP) is 1.48. The number of carbonyl (C=O) groups is 3. The van der Waals surface area contributed by atoms with Crippen LogP contribution in [0.1, 0.15) is 44.9 Å². The quantitative estimate of drug-likeness (QED) is 0.717. The van der Waals surface area contributed by atoms with Crippen LogP contribution in [0.25, 0.3) is 0 Å². The van der Waals surface area contributed by atoms with E-state index < -0.39 is 0 Å². The first-order valence-electron chi connectivity index (χ1n) is 9.98. The number of carbonyl (C=O) groups excluding carboxylic acids is 3. The van der Waals surface area contributed by atoms with Crippen LogP contribution in [0.3, 0.4) is 0 Å². The Balaban J connectivity index is 1.40. The van der Waals surface area contributed by atoms with E-state index in [0.717, 1.165) is 32.1 Å². The van der Waals surface area contributed by atoms with Crippen LogP contribution in [0.5, 0.6) is 0 Å². The van der Waals surface area contributed by atoms with Gasteiger partial charge in [0, 0.05) is 30.8 Å². The Morgan fingerprint density at radius 3 is 2.44 bits per heavy atom.